The summed E-state index contributed by atoms with van der Waals surface area (Å²) >= 11 is 0. The van der Waals surface area contributed by atoms with Gasteiger partial charge in [0.15, 0.2) is 0 Å². The van der Waals surface area contributed by atoms with Crippen LogP contribution in [0.1, 0.15) is 29.6 Å². The van der Waals surface area contributed by atoms with Gasteiger partial charge in [-0.25, -0.2) is 13.6 Å². The molecule has 0 saturated heterocycles. The predicted molar refractivity (Wildman–Crippen MR) is 66.7 cm³/mol. The van der Waals surface area contributed by atoms with Crippen molar-refractivity contribution in [3.05, 3.63) is 35.4 Å². The number of carboxylic acid groups (broad SMARTS) is 2. The van der Waals surface area contributed by atoms with Gasteiger partial charge in [0.1, 0.15) is 17.7 Å². The lowest BCUT2D eigenvalue weighted by molar-refractivity contribution is -0.140. The Balaban J connectivity index is 2.72. The Morgan fingerprint density at radius 2 is 1.86 bits per heavy atom. The third kappa shape index (κ3) is 5.17. The first-order valence-corrected chi connectivity index (χ1v) is 6.01. The molecular weight excluding hydrogens is 288 g/mol. The van der Waals surface area contributed by atoms with E-state index in [4.69, 9.17) is 10.2 Å². The molecule has 0 aliphatic rings. The molecule has 0 radical (unpaired) electrons. The maximum Gasteiger partial charge on any atom is 0.326 e. The van der Waals surface area contributed by atoms with Gasteiger partial charge in [-0.15, -0.1) is 0 Å². The molecule has 0 unspecified atom stereocenters. The number of carboxylic acids is 2. The third-order valence-electron chi connectivity index (χ3n) is 2.66. The van der Waals surface area contributed by atoms with Gasteiger partial charge in [0.2, 0.25) is 0 Å². The Morgan fingerprint density at radius 1 is 1.19 bits per heavy atom. The van der Waals surface area contributed by atoms with Gasteiger partial charge in [-0.05, 0) is 25.0 Å². The topological polar surface area (TPSA) is 104 Å². The molecule has 0 aromatic heterocycles. The fourth-order valence-electron chi connectivity index (χ4n) is 1.62. The standard InChI is InChI=1S/C13H13F2NO5/c14-7-4-5-8(9(15)6-7)12(19)16-10(13(20)21)2-1-3-11(17)18/h4-6,10H,1-3H2,(H,16,19)(H,17,18)(H,20,21)/t10-/m1/s1. The maximum absolute atomic E-state index is 13.4. The van der Waals surface area contributed by atoms with E-state index in [1.807, 2.05) is 0 Å². The summed E-state index contributed by atoms with van der Waals surface area (Å²) in [6.45, 7) is 0. The van der Waals surface area contributed by atoms with E-state index >= 15 is 0 Å². The molecule has 0 aliphatic heterocycles. The number of hydrogen-bond donors (Lipinski definition) is 3. The van der Waals surface area contributed by atoms with Crippen molar-refractivity contribution >= 4 is 17.8 Å². The third-order valence-corrected chi connectivity index (χ3v) is 2.66. The van der Waals surface area contributed by atoms with Crippen LogP contribution in [0.3, 0.4) is 0 Å². The van der Waals surface area contributed by atoms with Crippen molar-refractivity contribution in [2.45, 2.75) is 25.3 Å². The predicted octanol–water partition coefficient (Wildman–Crippen LogP) is 1.40. The summed E-state index contributed by atoms with van der Waals surface area (Å²) < 4.78 is 26.1. The zero-order valence-electron chi connectivity index (χ0n) is 10.8. The van der Waals surface area contributed by atoms with Gasteiger partial charge in [-0.2, -0.15) is 0 Å². The first-order chi connectivity index (χ1) is 9.81. The zero-order valence-corrected chi connectivity index (χ0v) is 10.8. The Morgan fingerprint density at radius 3 is 2.38 bits per heavy atom. The molecule has 1 aromatic rings. The molecule has 21 heavy (non-hydrogen) atoms. The Hall–Kier alpha value is -2.51. The molecule has 114 valence electrons. The van der Waals surface area contributed by atoms with E-state index in [-0.39, 0.29) is 19.3 Å². The first-order valence-electron chi connectivity index (χ1n) is 6.01. The van der Waals surface area contributed by atoms with Gasteiger partial charge < -0.3 is 15.5 Å². The number of halogens is 2. The molecule has 0 spiro atoms. The van der Waals surface area contributed by atoms with Crippen molar-refractivity contribution in [1.29, 1.82) is 0 Å². The van der Waals surface area contributed by atoms with Gasteiger partial charge in [-0.3, -0.25) is 9.59 Å². The van der Waals surface area contributed by atoms with Crippen molar-refractivity contribution in [3.8, 4) is 0 Å². The second kappa shape index (κ2) is 7.32. The van der Waals surface area contributed by atoms with Gasteiger partial charge in [0.25, 0.3) is 5.91 Å². The van der Waals surface area contributed by atoms with Crippen molar-refractivity contribution in [1.82, 2.24) is 5.32 Å². The van der Waals surface area contributed by atoms with Crippen LogP contribution in [0, 0.1) is 11.6 Å². The highest BCUT2D eigenvalue weighted by Gasteiger charge is 2.22. The van der Waals surface area contributed by atoms with Crippen LogP contribution in [0.2, 0.25) is 0 Å². The average molecular weight is 301 g/mol. The highest BCUT2D eigenvalue weighted by Crippen LogP contribution is 2.10. The van der Waals surface area contributed by atoms with Gasteiger partial charge in [0.05, 0.1) is 5.56 Å². The van der Waals surface area contributed by atoms with Gasteiger partial charge >= 0.3 is 11.9 Å². The van der Waals surface area contributed by atoms with E-state index in [9.17, 15) is 23.2 Å². The molecule has 1 atom stereocenters. The summed E-state index contributed by atoms with van der Waals surface area (Å²) in [5.74, 6) is -5.43. The second-order valence-electron chi connectivity index (χ2n) is 4.27. The monoisotopic (exact) mass is 301 g/mol. The van der Waals surface area contributed by atoms with E-state index in [1.54, 1.807) is 0 Å². The molecule has 6 nitrogen and oxygen atoms in total. The van der Waals surface area contributed by atoms with Crippen molar-refractivity contribution in [2.24, 2.45) is 0 Å². The number of aliphatic carboxylic acids is 2. The Labute approximate surface area is 118 Å². The van der Waals surface area contributed by atoms with Crippen LogP contribution in [0.4, 0.5) is 8.78 Å². The maximum atomic E-state index is 13.4. The normalized spacial score (nSPS) is 11.7. The molecule has 0 aliphatic carbocycles. The van der Waals surface area contributed by atoms with Crippen LogP contribution >= 0.6 is 0 Å². The molecule has 1 rings (SSSR count). The van der Waals surface area contributed by atoms with Crippen LogP contribution in [-0.2, 0) is 9.59 Å². The minimum Gasteiger partial charge on any atom is -0.481 e. The van der Waals surface area contributed by atoms with E-state index in [2.05, 4.69) is 5.32 Å². The number of carbonyl (C=O) groups is 3. The highest BCUT2D eigenvalue weighted by atomic mass is 19.1. The lowest BCUT2D eigenvalue weighted by Crippen LogP contribution is -2.41. The fraction of sp³-hybridized carbons (Fsp3) is 0.308. The minimum absolute atomic E-state index is 0.0402. The molecular formula is C13H13F2NO5. The molecule has 0 saturated carbocycles. The van der Waals surface area contributed by atoms with Crippen molar-refractivity contribution in [2.75, 3.05) is 0 Å². The van der Waals surface area contributed by atoms with Crippen molar-refractivity contribution in [3.63, 3.8) is 0 Å². The quantitative estimate of drug-likeness (QED) is 0.706. The highest BCUT2D eigenvalue weighted by molar-refractivity contribution is 5.96. The SMILES string of the molecule is O=C(O)CCC[C@@H](NC(=O)c1ccc(F)cc1F)C(=O)O. The number of benzene rings is 1. The first kappa shape index (κ1) is 16.5. The summed E-state index contributed by atoms with van der Waals surface area (Å²) in [4.78, 5) is 33.1. The number of nitrogens with one attached hydrogen (secondary N) is 1. The Kier molecular flexibility index (Phi) is 5.77. The van der Waals surface area contributed by atoms with Gasteiger partial charge in [0, 0.05) is 12.5 Å². The summed E-state index contributed by atoms with van der Waals surface area (Å²) in [7, 11) is 0. The molecule has 1 aromatic carbocycles. The van der Waals surface area contributed by atoms with E-state index in [0.717, 1.165) is 12.1 Å². The zero-order chi connectivity index (χ0) is 16.0. The number of rotatable bonds is 7. The largest absolute Gasteiger partial charge is 0.481 e. The van der Waals surface area contributed by atoms with Crippen LogP contribution in [0.25, 0.3) is 0 Å². The summed E-state index contributed by atoms with van der Waals surface area (Å²) in [5, 5.41) is 19.5. The fourth-order valence-corrected chi connectivity index (χ4v) is 1.62. The minimum atomic E-state index is -1.36. The second-order valence-corrected chi connectivity index (χ2v) is 4.27. The van der Waals surface area contributed by atoms with E-state index in [1.165, 1.54) is 0 Å². The lowest BCUT2D eigenvalue weighted by atomic mass is 10.1. The molecule has 1 amide bonds. The average Bonchev–Trinajstić information content (AvgIpc) is 2.36. The van der Waals surface area contributed by atoms with Crippen LogP contribution in [-0.4, -0.2) is 34.1 Å². The molecule has 8 heteroatoms. The van der Waals surface area contributed by atoms with Crippen LogP contribution in [0.5, 0.6) is 0 Å². The van der Waals surface area contributed by atoms with Crippen molar-refractivity contribution < 1.29 is 33.4 Å². The summed E-state index contributed by atoms with van der Waals surface area (Å²) in [6.07, 6.45) is -0.320. The van der Waals surface area contributed by atoms with Crippen LogP contribution in [0.15, 0.2) is 18.2 Å². The van der Waals surface area contributed by atoms with Gasteiger partial charge in [-0.1, -0.05) is 0 Å². The Bertz CT molecular complexity index is 561. The molecule has 0 bridgehead atoms. The number of carbonyl (C=O) groups excluding carboxylic acids is 1. The number of hydrogen-bond acceptors (Lipinski definition) is 3. The van der Waals surface area contributed by atoms with Crippen LogP contribution < -0.4 is 5.32 Å². The smallest absolute Gasteiger partial charge is 0.326 e. The lowest BCUT2D eigenvalue weighted by Gasteiger charge is -2.14. The molecule has 3 N–H and O–H groups in total. The molecule has 0 heterocycles. The van der Waals surface area contributed by atoms with E-state index in [0.29, 0.717) is 6.07 Å². The summed E-state index contributed by atoms with van der Waals surface area (Å²) in [6, 6.07) is 0.935. The number of amides is 1. The summed E-state index contributed by atoms with van der Waals surface area (Å²) in [5.41, 5.74) is -0.485. The molecule has 0 fully saturated rings. The van der Waals surface area contributed by atoms with E-state index < -0.39 is 41.1 Å².